The molecule has 3 nitrogen and oxygen atoms in total. The van der Waals surface area contributed by atoms with Gasteiger partial charge in [0.2, 0.25) is 0 Å². The molecule has 0 atom stereocenters. The van der Waals surface area contributed by atoms with Gasteiger partial charge in [-0.2, -0.15) is 0 Å². The van der Waals surface area contributed by atoms with Crippen LogP contribution in [0.25, 0.3) is 6.08 Å². The van der Waals surface area contributed by atoms with Gasteiger partial charge in [0.05, 0.1) is 11.6 Å². The van der Waals surface area contributed by atoms with Crippen molar-refractivity contribution in [1.29, 1.82) is 0 Å². The lowest BCUT2D eigenvalue weighted by atomic mass is 10.1. The fourth-order valence-corrected chi connectivity index (χ4v) is 1.84. The van der Waals surface area contributed by atoms with Crippen molar-refractivity contribution in [2.75, 3.05) is 12.3 Å². The van der Waals surface area contributed by atoms with E-state index < -0.39 is 0 Å². The van der Waals surface area contributed by atoms with Crippen LogP contribution in [0.15, 0.2) is 17.0 Å². The van der Waals surface area contributed by atoms with Gasteiger partial charge in [-0.3, -0.25) is 0 Å². The summed E-state index contributed by atoms with van der Waals surface area (Å²) < 4.78 is 4.81. The first kappa shape index (κ1) is 8.31. The van der Waals surface area contributed by atoms with E-state index in [2.05, 4.69) is 0 Å². The minimum atomic E-state index is -0.217. The highest BCUT2D eigenvalue weighted by molar-refractivity contribution is 7.14. The average Bonchev–Trinajstić information content (AvgIpc) is 2.65. The number of hydrogen-bond acceptors (Lipinski definition) is 4. The van der Waals surface area contributed by atoms with Crippen molar-refractivity contribution in [2.45, 2.75) is 6.42 Å². The van der Waals surface area contributed by atoms with Gasteiger partial charge in [0.25, 0.3) is 0 Å². The lowest BCUT2D eigenvalue weighted by molar-refractivity contribution is -0.134. The molecule has 0 unspecified atom stereocenters. The summed E-state index contributed by atoms with van der Waals surface area (Å²) in [6, 6.07) is 1.90. The first-order chi connectivity index (χ1) is 6.27. The molecule has 0 bridgehead atoms. The molecule has 1 fully saturated rings. The van der Waals surface area contributed by atoms with Gasteiger partial charge < -0.3 is 10.5 Å². The smallest absolute Gasteiger partial charge is 0.334 e. The highest BCUT2D eigenvalue weighted by atomic mass is 32.1. The molecular formula is C9H9NO2S. The third-order valence-corrected chi connectivity index (χ3v) is 2.69. The van der Waals surface area contributed by atoms with Gasteiger partial charge in [0, 0.05) is 17.6 Å². The van der Waals surface area contributed by atoms with Crippen molar-refractivity contribution in [2.24, 2.45) is 0 Å². The second-order valence-corrected chi connectivity index (χ2v) is 3.74. The summed E-state index contributed by atoms with van der Waals surface area (Å²) >= 11 is 1.47. The SMILES string of the molecule is Nc1sccc1C=C1CCOC1=O. The van der Waals surface area contributed by atoms with E-state index in [0.717, 1.165) is 10.6 Å². The van der Waals surface area contributed by atoms with Gasteiger partial charge in [-0.1, -0.05) is 0 Å². The molecule has 0 aliphatic carbocycles. The molecule has 1 aliphatic heterocycles. The number of hydrogen-bond donors (Lipinski definition) is 1. The molecule has 68 valence electrons. The summed E-state index contributed by atoms with van der Waals surface area (Å²) in [4.78, 5) is 11.1. The maximum absolute atomic E-state index is 11.1. The van der Waals surface area contributed by atoms with Crippen LogP contribution in [-0.2, 0) is 9.53 Å². The summed E-state index contributed by atoms with van der Waals surface area (Å²) in [5.41, 5.74) is 7.31. The molecule has 4 heteroatoms. The Morgan fingerprint density at radius 1 is 1.62 bits per heavy atom. The predicted molar refractivity (Wildman–Crippen MR) is 52.3 cm³/mol. The number of anilines is 1. The van der Waals surface area contributed by atoms with E-state index in [-0.39, 0.29) is 5.97 Å². The van der Waals surface area contributed by atoms with Crippen molar-refractivity contribution in [1.82, 2.24) is 0 Å². The standard InChI is InChI=1S/C9H9NO2S/c10-8-6(2-4-13-8)5-7-1-3-12-9(7)11/h2,4-5H,1,3,10H2. The molecule has 2 heterocycles. The van der Waals surface area contributed by atoms with Crippen molar-refractivity contribution in [3.05, 3.63) is 22.6 Å². The largest absolute Gasteiger partial charge is 0.462 e. The van der Waals surface area contributed by atoms with Crippen LogP contribution >= 0.6 is 11.3 Å². The van der Waals surface area contributed by atoms with Crippen LogP contribution in [0, 0.1) is 0 Å². The second-order valence-electron chi connectivity index (χ2n) is 2.80. The quantitative estimate of drug-likeness (QED) is 0.547. The Morgan fingerprint density at radius 2 is 2.46 bits per heavy atom. The molecule has 1 saturated heterocycles. The molecule has 0 radical (unpaired) electrons. The normalized spacial score (nSPS) is 19.4. The molecule has 0 amide bonds. The van der Waals surface area contributed by atoms with E-state index >= 15 is 0 Å². The molecule has 0 aromatic carbocycles. The molecular weight excluding hydrogens is 186 g/mol. The third kappa shape index (κ3) is 1.58. The zero-order chi connectivity index (χ0) is 9.26. The Kier molecular flexibility index (Phi) is 2.06. The molecule has 1 aromatic heterocycles. The van der Waals surface area contributed by atoms with Crippen LogP contribution in [0.4, 0.5) is 5.00 Å². The first-order valence-corrected chi connectivity index (χ1v) is 4.86. The summed E-state index contributed by atoms with van der Waals surface area (Å²) in [6.07, 6.45) is 2.50. The predicted octanol–water partition coefficient (Wildman–Crippen LogP) is 1.66. The molecule has 2 rings (SSSR count). The van der Waals surface area contributed by atoms with Crippen molar-refractivity contribution < 1.29 is 9.53 Å². The van der Waals surface area contributed by atoms with E-state index in [9.17, 15) is 4.79 Å². The van der Waals surface area contributed by atoms with Gasteiger partial charge >= 0.3 is 5.97 Å². The van der Waals surface area contributed by atoms with Crippen LogP contribution in [0.1, 0.15) is 12.0 Å². The lowest BCUT2D eigenvalue weighted by Crippen LogP contribution is -1.94. The highest BCUT2D eigenvalue weighted by Crippen LogP contribution is 2.24. The number of carbonyl (C=O) groups excluding carboxylic acids is 1. The van der Waals surface area contributed by atoms with Crippen molar-refractivity contribution in [3.8, 4) is 0 Å². The van der Waals surface area contributed by atoms with Crippen molar-refractivity contribution in [3.63, 3.8) is 0 Å². The Balaban J connectivity index is 2.29. The minimum Gasteiger partial charge on any atom is -0.462 e. The Bertz CT molecular complexity index is 367. The fourth-order valence-electron chi connectivity index (χ4n) is 1.22. The first-order valence-electron chi connectivity index (χ1n) is 3.98. The number of carbonyl (C=O) groups is 1. The summed E-state index contributed by atoms with van der Waals surface area (Å²) in [6.45, 7) is 0.495. The number of ether oxygens (including phenoxy) is 1. The summed E-state index contributed by atoms with van der Waals surface area (Å²) in [5, 5.41) is 2.65. The minimum absolute atomic E-state index is 0.217. The average molecular weight is 195 g/mol. The maximum Gasteiger partial charge on any atom is 0.334 e. The van der Waals surface area contributed by atoms with Crippen LogP contribution in [-0.4, -0.2) is 12.6 Å². The van der Waals surface area contributed by atoms with Gasteiger partial charge in [0.15, 0.2) is 0 Å². The Labute approximate surface area is 79.8 Å². The van der Waals surface area contributed by atoms with Gasteiger partial charge in [-0.15, -0.1) is 11.3 Å². The lowest BCUT2D eigenvalue weighted by Gasteiger charge is -1.92. The molecule has 0 spiro atoms. The van der Waals surface area contributed by atoms with Gasteiger partial charge in [-0.25, -0.2) is 4.79 Å². The van der Waals surface area contributed by atoms with Gasteiger partial charge in [-0.05, 0) is 17.5 Å². The number of rotatable bonds is 1. The fraction of sp³-hybridized carbons (Fsp3) is 0.222. The van der Waals surface area contributed by atoms with Crippen LogP contribution in [0.3, 0.4) is 0 Å². The van der Waals surface area contributed by atoms with Crippen LogP contribution in [0.5, 0.6) is 0 Å². The van der Waals surface area contributed by atoms with E-state index in [4.69, 9.17) is 10.5 Å². The number of cyclic esters (lactones) is 1. The molecule has 1 aliphatic rings. The van der Waals surface area contributed by atoms with E-state index in [0.29, 0.717) is 18.6 Å². The summed E-state index contributed by atoms with van der Waals surface area (Å²) in [7, 11) is 0. The second kappa shape index (κ2) is 3.22. The zero-order valence-corrected chi connectivity index (χ0v) is 7.76. The van der Waals surface area contributed by atoms with Crippen LogP contribution < -0.4 is 5.73 Å². The van der Waals surface area contributed by atoms with Gasteiger partial charge in [0.1, 0.15) is 0 Å². The highest BCUT2D eigenvalue weighted by Gasteiger charge is 2.18. The monoisotopic (exact) mass is 195 g/mol. The van der Waals surface area contributed by atoms with E-state index in [1.165, 1.54) is 11.3 Å². The Hall–Kier alpha value is -1.29. The third-order valence-electron chi connectivity index (χ3n) is 1.92. The topological polar surface area (TPSA) is 52.3 Å². The number of thiophene rings is 1. The Morgan fingerprint density at radius 3 is 3.00 bits per heavy atom. The van der Waals surface area contributed by atoms with E-state index in [1.807, 2.05) is 11.4 Å². The van der Waals surface area contributed by atoms with Crippen molar-refractivity contribution >= 4 is 28.4 Å². The number of esters is 1. The van der Waals surface area contributed by atoms with E-state index in [1.54, 1.807) is 6.08 Å². The van der Waals surface area contributed by atoms with Crippen LogP contribution in [0.2, 0.25) is 0 Å². The molecule has 1 aromatic rings. The summed E-state index contributed by atoms with van der Waals surface area (Å²) in [5.74, 6) is -0.217. The molecule has 13 heavy (non-hydrogen) atoms. The molecule has 2 N–H and O–H groups in total. The zero-order valence-electron chi connectivity index (χ0n) is 6.95. The molecule has 0 saturated carbocycles. The number of nitrogens with two attached hydrogens (primary N) is 1. The number of nitrogen functional groups attached to an aromatic ring is 1. The maximum atomic E-state index is 11.1.